The third kappa shape index (κ3) is 2.32. The van der Waals surface area contributed by atoms with Gasteiger partial charge < -0.3 is 0 Å². The third-order valence-corrected chi connectivity index (χ3v) is 1.75. The number of likely N-dealkylation sites (N-methyl/N-ethyl adjacent to an activating group) is 1. The van der Waals surface area contributed by atoms with Crippen LogP contribution in [-0.4, -0.2) is 38.5 Å². The fourth-order valence-electron chi connectivity index (χ4n) is 1.11. The molecule has 1 heterocycles. The maximum absolute atomic E-state index is 4.80. The van der Waals surface area contributed by atoms with E-state index < -0.39 is 0 Å². The van der Waals surface area contributed by atoms with Gasteiger partial charge in [-0.05, 0) is 14.0 Å². The van der Waals surface area contributed by atoms with E-state index in [-0.39, 0.29) is 0 Å². The van der Waals surface area contributed by atoms with Gasteiger partial charge in [0.15, 0.2) is 0 Å². The summed E-state index contributed by atoms with van der Waals surface area (Å²) >= 11 is 0. The Morgan fingerprint density at radius 2 is 2.50 bits per heavy atom. The summed E-state index contributed by atoms with van der Waals surface area (Å²) in [5.41, 5.74) is 4.99. The Morgan fingerprint density at radius 1 is 1.75 bits per heavy atom. The zero-order valence-corrected chi connectivity index (χ0v) is 7.79. The molecule has 0 atom stereocenters. The van der Waals surface area contributed by atoms with Gasteiger partial charge in [0.05, 0.1) is 13.8 Å². The van der Waals surface area contributed by atoms with Crippen LogP contribution >= 0.6 is 0 Å². The van der Waals surface area contributed by atoms with Gasteiger partial charge in [-0.2, -0.15) is 0 Å². The van der Waals surface area contributed by atoms with Crippen LogP contribution in [0.15, 0.2) is 16.3 Å². The van der Waals surface area contributed by atoms with Gasteiger partial charge in [0.25, 0.3) is 0 Å². The number of aliphatic imine (C=N–C) groups is 1. The Balaban J connectivity index is 2.66. The number of hydroxylamine groups is 1. The summed E-state index contributed by atoms with van der Waals surface area (Å²) in [5, 5.41) is 0. The second-order valence-corrected chi connectivity index (χ2v) is 2.92. The van der Waals surface area contributed by atoms with Gasteiger partial charge in [0.2, 0.25) is 0 Å². The lowest BCUT2D eigenvalue weighted by molar-refractivity contribution is 0.117. The zero-order valence-electron chi connectivity index (χ0n) is 7.79. The van der Waals surface area contributed by atoms with Crippen LogP contribution < -0.4 is 5.48 Å². The van der Waals surface area contributed by atoms with E-state index in [9.17, 15) is 0 Å². The van der Waals surface area contributed by atoms with Gasteiger partial charge in [-0.15, -0.1) is 0 Å². The number of rotatable bonds is 2. The molecular formula is C8H15N3O. The molecule has 1 aliphatic heterocycles. The van der Waals surface area contributed by atoms with Crippen LogP contribution in [0.4, 0.5) is 0 Å². The summed E-state index contributed by atoms with van der Waals surface area (Å²) in [6, 6.07) is 0. The zero-order chi connectivity index (χ0) is 8.97. The average Bonchev–Trinajstić information content (AvgIpc) is 2.05. The number of nitrogens with zero attached hydrogens (tertiary/aromatic N) is 2. The molecule has 0 aromatic carbocycles. The van der Waals surface area contributed by atoms with Crippen molar-refractivity contribution in [2.24, 2.45) is 4.99 Å². The Labute approximate surface area is 72.9 Å². The van der Waals surface area contributed by atoms with Crippen LogP contribution in [0.2, 0.25) is 0 Å². The predicted octanol–water partition coefficient (Wildman–Crippen LogP) is 0.385. The first kappa shape index (κ1) is 9.22. The first-order valence-electron chi connectivity index (χ1n) is 3.91. The Bertz CT molecular complexity index is 210. The molecule has 4 nitrogen and oxygen atoms in total. The highest BCUT2D eigenvalue weighted by atomic mass is 16.6. The monoisotopic (exact) mass is 169 g/mol. The van der Waals surface area contributed by atoms with E-state index in [2.05, 4.69) is 15.4 Å². The van der Waals surface area contributed by atoms with Gasteiger partial charge in [-0.25, -0.2) is 0 Å². The molecule has 4 heteroatoms. The van der Waals surface area contributed by atoms with Crippen LogP contribution in [0.3, 0.4) is 0 Å². The SMILES string of the molecule is CON/C(C)=C1\C=NCN(C)C1. The number of allylic oxidation sites excluding steroid dienone is 1. The molecule has 0 aromatic heterocycles. The van der Waals surface area contributed by atoms with Gasteiger partial charge >= 0.3 is 0 Å². The molecule has 68 valence electrons. The lowest BCUT2D eigenvalue weighted by Gasteiger charge is -2.20. The Morgan fingerprint density at radius 3 is 3.08 bits per heavy atom. The topological polar surface area (TPSA) is 36.9 Å². The van der Waals surface area contributed by atoms with Crippen molar-refractivity contribution >= 4 is 6.21 Å². The first-order valence-corrected chi connectivity index (χ1v) is 3.91. The Kier molecular flexibility index (Phi) is 3.25. The third-order valence-electron chi connectivity index (χ3n) is 1.75. The summed E-state index contributed by atoms with van der Waals surface area (Å²) in [6.07, 6.45) is 1.89. The summed E-state index contributed by atoms with van der Waals surface area (Å²) in [6.45, 7) is 3.68. The molecule has 0 saturated carbocycles. The highest BCUT2D eigenvalue weighted by Gasteiger charge is 2.07. The van der Waals surface area contributed by atoms with E-state index in [1.807, 2.05) is 20.2 Å². The van der Waals surface area contributed by atoms with E-state index in [0.29, 0.717) is 0 Å². The van der Waals surface area contributed by atoms with E-state index in [1.165, 1.54) is 5.57 Å². The normalized spacial score (nSPS) is 22.6. The smallest absolute Gasteiger partial charge is 0.0909 e. The van der Waals surface area contributed by atoms with Crippen molar-refractivity contribution in [2.75, 3.05) is 27.4 Å². The van der Waals surface area contributed by atoms with Crippen molar-refractivity contribution in [3.8, 4) is 0 Å². The molecule has 1 rings (SSSR count). The van der Waals surface area contributed by atoms with Crippen LogP contribution in [0.5, 0.6) is 0 Å². The highest BCUT2D eigenvalue weighted by Crippen LogP contribution is 2.05. The number of hydrogen-bond donors (Lipinski definition) is 1. The van der Waals surface area contributed by atoms with Crippen molar-refractivity contribution in [1.29, 1.82) is 0 Å². The van der Waals surface area contributed by atoms with Gasteiger partial charge in [-0.3, -0.25) is 20.2 Å². The molecule has 0 radical (unpaired) electrons. The summed E-state index contributed by atoms with van der Waals surface area (Å²) in [4.78, 5) is 11.1. The molecule has 1 N–H and O–H groups in total. The van der Waals surface area contributed by atoms with Crippen LogP contribution in [0, 0.1) is 0 Å². The molecule has 0 aromatic rings. The lowest BCUT2D eigenvalue weighted by atomic mass is 10.2. The predicted molar refractivity (Wildman–Crippen MR) is 48.8 cm³/mol. The molecule has 0 amide bonds. The van der Waals surface area contributed by atoms with Gasteiger partial charge in [0, 0.05) is 24.0 Å². The van der Waals surface area contributed by atoms with E-state index >= 15 is 0 Å². The second kappa shape index (κ2) is 4.23. The van der Waals surface area contributed by atoms with Crippen LogP contribution in [0.25, 0.3) is 0 Å². The molecule has 0 saturated heterocycles. The minimum atomic E-state index is 0.782. The maximum atomic E-state index is 4.80. The molecule has 0 fully saturated rings. The fraction of sp³-hybridized carbons (Fsp3) is 0.625. The number of nitrogens with one attached hydrogen (secondary N) is 1. The average molecular weight is 169 g/mol. The molecule has 0 spiro atoms. The van der Waals surface area contributed by atoms with Crippen molar-refractivity contribution in [2.45, 2.75) is 6.92 Å². The second-order valence-electron chi connectivity index (χ2n) is 2.92. The quantitative estimate of drug-likeness (QED) is 0.607. The number of hydrogen-bond acceptors (Lipinski definition) is 4. The molecular weight excluding hydrogens is 154 g/mol. The minimum absolute atomic E-state index is 0.782. The van der Waals surface area contributed by atoms with Crippen molar-refractivity contribution in [1.82, 2.24) is 10.4 Å². The lowest BCUT2D eigenvalue weighted by Crippen LogP contribution is -2.28. The van der Waals surface area contributed by atoms with Crippen molar-refractivity contribution in [3.63, 3.8) is 0 Å². The van der Waals surface area contributed by atoms with Crippen LogP contribution in [-0.2, 0) is 4.84 Å². The highest BCUT2D eigenvalue weighted by molar-refractivity contribution is 5.80. The van der Waals surface area contributed by atoms with Gasteiger partial charge in [-0.1, -0.05) is 0 Å². The van der Waals surface area contributed by atoms with Crippen molar-refractivity contribution in [3.05, 3.63) is 11.3 Å². The Hall–Kier alpha value is -0.870. The van der Waals surface area contributed by atoms with Crippen molar-refractivity contribution < 1.29 is 4.84 Å². The first-order chi connectivity index (χ1) is 5.74. The minimum Gasteiger partial charge on any atom is -0.283 e. The molecule has 0 aliphatic carbocycles. The fourth-order valence-corrected chi connectivity index (χ4v) is 1.11. The summed E-state index contributed by atoms with van der Waals surface area (Å²) in [7, 11) is 3.64. The van der Waals surface area contributed by atoms with E-state index in [4.69, 9.17) is 4.84 Å². The van der Waals surface area contributed by atoms with Gasteiger partial charge in [0.1, 0.15) is 0 Å². The molecule has 12 heavy (non-hydrogen) atoms. The maximum Gasteiger partial charge on any atom is 0.0909 e. The summed E-state index contributed by atoms with van der Waals surface area (Å²) in [5.74, 6) is 0. The standard InChI is InChI=1S/C8H15N3O/c1-7(10-12-3)8-4-9-6-11(2)5-8/h4,10H,5-6H2,1-3H3/b8-7+. The molecule has 0 unspecified atom stereocenters. The molecule has 1 aliphatic rings. The largest absolute Gasteiger partial charge is 0.283 e. The van der Waals surface area contributed by atoms with Crippen LogP contribution in [0.1, 0.15) is 6.92 Å². The summed E-state index contributed by atoms with van der Waals surface area (Å²) < 4.78 is 0. The van der Waals surface area contributed by atoms with E-state index in [0.717, 1.165) is 18.9 Å². The molecule has 0 bridgehead atoms. The van der Waals surface area contributed by atoms with E-state index in [1.54, 1.807) is 7.11 Å².